The highest BCUT2D eigenvalue weighted by atomic mass is 16.5. The summed E-state index contributed by atoms with van der Waals surface area (Å²) in [5, 5.41) is 0. The van der Waals surface area contributed by atoms with E-state index in [1.165, 1.54) is 20.3 Å². The number of rotatable bonds is 6. The second kappa shape index (κ2) is 7.94. The van der Waals surface area contributed by atoms with Crippen LogP contribution in [0.5, 0.6) is 0 Å². The van der Waals surface area contributed by atoms with Crippen LogP contribution in [0.4, 0.5) is 0 Å². The fraction of sp³-hybridized carbons (Fsp3) is 0.250. The molecule has 1 atom stereocenters. The lowest BCUT2D eigenvalue weighted by Crippen LogP contribution is -2.31. The number of methoxy groups -OCH3 is 2. The second-order valence-electron chi connectivity index (χ2n) is 4.11. The summed E-state index contributed by atoms with van der Waals surface area (Å²) in [6, 6.07) is 9.55. The predicted octanol–water partition coefficient (Wildman–Crippen LogP) is 2.46. The summed E-state index contributed by atoms with van der Waals surface area (Å²) in [6.45, 7) is 3.66. The van der Waals surface area contributed by atoms with Crippen LogP contribution in [0.3, 0.4) is 0 Å². The number of carbonyl (C=O) groups is 2. The van der Waals surface area contributed by atoms with Crippen LogP contribution in [0, 0.1) is 11.8 Å². The minimum atomic E-state index is -1.04. The normalized spacial score (nSPS) is 12.2. The van der Waals surface area contributed by atoms with E-state index < -0.39 is 23.8 Å². The lowest BCUT2D eigenvalue weighted by molar-refractivity contribution is -0.159. The van der Waals surface area contributed by atoms with Crippen LogP contribution >= 0.6 is 0 Å². The molecular formula is C16H18O4. The van der Waals surface area contributed by atoms with E-state index in [0.29, 0.717) is 0 Å². The molecule has 0 aliphatic carbocycles. The summed E-state index contributed by atoms with van der Waals surface area (Å²) in [4.78, 5) is 23.4. The Morgan fingerprint density at radius 1 is 1.10 bits per heavy atom. The van der Waals surface area contributed by atoms with Gasteiger partial charge in [-0.1, -0.05) is 48.6 Å². The van der Waals surface area contributed by atoms with Crippen molar-refractivity contribution in [3.8, 4) is 0 Å². The number of carbonyl (C=O) groups excluding carboxylic acids is 2. The van der Waals surface area contributed by atoms with Gasteiger partial charge in [-0.15, -0.1) is 6.58 Å². The lowest BCUT2D eigenvalue weighted by Gasteiger charge is -2.17. The molecule has 0 fully saturated rings. The Balaban J connectivity index is 2.96. The van der Waals surface area contributed by atoms with Gasteiger partial charge in [0.25, 0.3) is 0 Å². The number of benzene rings is 1. The fourth-order valence-corrected chi connectivity index (χ4v) is 1.78. The maximum Gasteiger partial charge on any atom is 0.320 e. The van der Waals surface area contributed by atoms with Gasteiger partial charge in [-0.3, -0.25) is 9.59 Å². The first-order chi connectivity index (χ1) is 9.63. The fourth-order valence-electron chi connectivity index (χ4n) is 1.78. The molecule has 0 spiro atoms. The number of hydrogen-bond acceptors (Lipinski definition) is 4. The van der Waals surface area contributed by atoms with Crippen LogP contribution in [0.2, 0.25) is 0 Å². The number of ether oxygens (including phenoxy) is 2. The number of esters is 2. The zero-order valence-electron chi connectivity index (χ0n) is 11.6. The minimum Gasteiger partial charge on any atom is -0.468 e. The first-order valence-corrected chi connectivity index (χ1v) is 6.15. The minimum absolute atomic E-state index is 0.491. The van der Waals surface area contributed by atoms with E-state index in [1.54, 1.807) is 6.08 Å². The van der Waals surface area contributed by atoms with E-state index in [1.807, 2.05) is 36.4 Å². The third-order valence-corrected chi connectivity index (χ3v) is 2.88. The van der Waals surface area contributed by atoms with Crippen molar-refractivity contribution in [3.05, 3.63) is 54.6 Å². The summed E-state index contributed by atoms with van der Waals surface area (Å²) in [6.07, 6.45) is 5.09. The molecule has 1 rings (SSSR count). The number of allylic oxidation sites excluding steroid dienone is 2. The summed E-state index contributed by atoms with van der Waals surface area (Å²) in [5.41, 5.74) is 0.966. The first-order valence-electron chi connectivity index (χ1n) is 6.15. The molecule has 0 radical (unpaired) electrons. The second-order valence-corrected chi connectivity index (χ2v) is 4.11. The highest BCUT2D eigenvalue weighted by Gasteiger charge is 2.33. The van der Waals surface area contributed by atoms with Crippen LogP contribution in [0.25, 0.3) is 6.08 Å². The highest BCUT2D eigenvalue weighted by Crippen LogP contribution is 2.20. The van der Waals surface area contributed by atoms with Gasteiger partial charge in [0.15, 0.2) is 5.92 Å². The van der Waals surface area contributed by atoms with Crippen molar-refractivity contribution in [2.75, 3.05) is 14.2 Å². The molecular weight excluding hydrogens is 256 g/mol. The largest absolute Gasteiger partial charge is 0.468 e. The molecule has 0 unspecified atom stereocenters. The van der Waals surface area contributed by atoms with E-state index in [-0.39, 0.29) is 0 Å². The van der Waals surface area contributed by atoms with Gasteiger partial charge in [0.05, 0.1) is 14.2 Å². The quantitative estimate of drug-likeness (QED) is 0.454. The van der Waals surface area contributed by atoms with Gasteiger partial charge >= 0.3 is 11.9 Å². The van der Waals surface area contributed by atoms with Crippen LogP contribution in [0.15, 0.2) is 49.1 Å². The molecule has 0 aromatic heterocycles. The summed E-state index contributed by atoms with van der Waals surface area (Å²) in [7, 11) is 2.47. The maximum atomic E-state index is 11.7. The third kappa shape index (κ3) is 4.09. The molecule has 0 N–H and O–H groups in total. The van der Waals surface area contributed by atoms with Gasteiger partial charge in [-0.25, -0.2) is 0 Å². The molecule has 4 heteroatoms. The standard InChI is InChI=1S/C16H18O4/c1-4-13(11-10-12-8-6-5-7-9-12)14(15(17)19-2)16(18)20-3/h4-11,13-14H,1H2,2-3H3/b11-10+/t13-/m1/s1. The zero-order chi connectivity index (χ0) is 15.0. The van der Waals surface area contributed by atoms with Crippen molar-refractivity contribution in [3.63, 3.8) is 0 Å². The van der Waals surface area contributed by atoms with Crippen LogP contribution < -0.4 is 0 Å². The Bertz CT molecular complexity index is 474. The summed E-state index contributed by atoms with van der Waals surface area (Å²) in [5.74, 6) is -2.81. The van der Waals surface area contributed by atoms with E-state index in [0.717, 1.165) is 5.56 Å². The van der Waals surface area contributed by atoms with Gasteiger partial charge in [-0.05, 0) is 5.56 Å². The lowest BCUT2D eigenvalue weighted by atomic mass is 9.91. The first kappa shape index (κ1) is 15.7. The summed E-state index contributed by atoms with van der Waals surface area (Å²) >= 11 is 0. The Morgan fingerprint density at radius 3 is 2.10 bits per heavy atom. The van der Waals surface area contributed by atoms with Crippen molar-refractivity contribution in [1.82, 2.24) is 0 Å². The molecule has 1 aromatic carbocycles. The van der Waals surface area contributed by atoms with Gasteiger partial charge in [0, 0.05) is 5.92 Å². The van der Waals surface area contributed by atoms with E-state index in [4.69, 9.17) is 0 Å². The molecule has 0 saturated heterocycles. The highest BCUT2D eigenvalue weighted by molar-refractivity contribution is 5.95. The van der Waals surface area contributed by atoms with Crippen molar-refractivity contribution < 1.29 is 19.1 Å². The van der Waals surface area contributed by atoms with E-state index in [2.05, 4.69) is 16.1 Å². The molecule has 0 aliphatic heterocycles. The van der Waals surface area contributed by atoms with E-state index >= 15 is 0 Å². The monoisotopic (exact) mass is 274 g/mol. The molecule has 0 heterocycles. The molecule has 4 nitrogen and oxygen atoms in total. The smallest absolute Gasteiger partial charge is 0.320 e. The Hall–Kier alpha value is -2.36. The maximum absolute atomic E-state index is 11.7. The van der Waals surface area contributed by atoms with Crippen molar-refractivity contribution in [2.45, 2.75) is 0 Å². The van der Waals surface area contributed by atoms with Gasteiger partial charge < -0.3 is 9.47 Å². The van der Waals surface area contributed by atoms with Crippen molar-refractivity contribution in [2.24, 2.45) is 11.8 Å². The Morgan fingerprint density at radius 2 is 1.65 bits per heavy atom. The predicted molar refractivity (Wildman–Crippen MR) is 76.7 cm³/mol. The summed E-state index contributed by atoms with van der Waals surface area (Å²) < 4.78 is 9.30. The van der Waals surface area contributed by atoms with Crippen LogP contribution in [-0.2, 0) is 19.1 Å². The molecule has 20 heavy (non-hydrogen) atoms. The van der Waals surface area contributed by atoms with Gasteiger partial charge in [0.1, 0.15) is 0 Å². The Labute approximate surface area is 118 Å². The molecule has 106 valence electrons. The molecule has 0 bridgehead atoms. The average Bonchev–Trinajstić information content (AvgIpc) is 2.51. The number of hydrogen-bond donors (Lipinski definition) is 0. The van der Waals surface area contributed by atoms with Crippen LogP contribution in [-0.4, -0.2) is 26.2 Å². The zero-order valence-corrected chi connectivity index (χ0v) is 11.6. The van der Waals surface area contributed by atoms with Crippen LogP contribution in [0.1, 0.15) is 5.56 Å². The molecule has 0 amide bonds. The van der Waals surface area contributed by atoms with Crippen molar-refractivity contribution in [1.29, 1.82) is 0 Å². The van der Waals surface area contributed by atoms with Gasteiger partial charge in [-0.2, -0.15) is 0 Å². The van der Waals surface area contributed by atoms with Gasteiger partial charge in [0.2, 0.25) is 0 Å². The molecule has 0 saturated carbocycles. The topological polar surface area (TPSA) is 52.6 Å². The Kier molecular flexibility index (Phi) is 6.23. The average molecular weight is 274 g/mol. The third-order valence-electron chi connectivity index (χ3n) is 2.88. The molecule has 1 aromatic rings. The van der Waals surface area contributed by atoms with Crippen molar-refractivity contribution >= 4 is 18.0 Å². The SMILES string of the molecule is C=C[C@H](/C=C/c1ccccc1)C(C(=O)OC)C(=O)OC. The van der Waals surface area contributed by atoms with E-state index in [9.17, 15) is 9.59 Å². The molecule has 0 aliphatic rings.